The van der Waals surface area contributed by atoms with E-state index in [1.807, 2.05) is 19.1 Å². The van der Waals surface area contributed by atoms with Crippen LogP contribution in [-0.2, 0) is 6.54 Å². The first kappa shape index (κ1) is 13.4. The second-order valence-corrected chi connectivity index (χ2v) is 4.69. The molecule has 2 heterocycles. The SMILES string of the molecule is Cc1ccc(CN2CCNCC(C(F)(F)F)C2)o1. The molecule has 1 atom stereocenters. The van der Waals surface area contributed by atoms with Crippen LogP contribution in [0.3, 0.4) is 0 Å². The van der Waals surface area contributed by atoms with Gasteiger partial charge in [0.25, 0.3) is 0 Å². The summed E-state index contributed by atoms with van der Waals surface area (Å²) in [6.07, 6.45) is -4.14. The summed E-state index contributed by atoms with van der Waals surface area (Å²) < 4.78 is 43.6. The van der Waals surface area contributed by atoms with Gasteiger partial charge in [-0.2, -0.15) is 13.2 Å². The van der Waals surface area contributed by atoms with Gasteiger partial charge in [0.05, 0.1) is 12.5 Å². The largest absolute Gasteiger partial charge is 0.465 e. The molecule has 2 rings (SSSR count). The zero-order chi connectivity index (χ0) is 13.2. The predicted octanol–water partition coefficient (Wildman–Crippen LogP) is 2.17. The van der Waals surface area contributed by atoms with E-state index in [9.17, 15) is 13.2 Å². The van der Waals surface area contributed by atoms with Crippen LogP contribution < -0.4 is 5.32 Å². The Balaban J connectivity index is 1.99. The predicted molar refractivity (Wildman–Crippen MR) is 61.1 cm³/mol. The minimum absolute atomic E-state index is 0.00280. The molecule has 1 unspecified atom stereocenters. The van der Waals surface area contributed by atoms with Crippen LogP contribution in [-0.4, -0.2) is 37.3 Å². The molecule has 1 aliphatic rings. The summed E-state index contributed by atoms with van der Waals surface area (Å²) in [5, 5.41) is 2.83. The van der Waals surface area contributed by atoms with Crippen molar-refractivity contribution in [2.75, 3.05) is 26.2 Å². The average molecular weight is 262 g/mol. The van der Waals surface area contributed by atoms with Crippen molar-refractivity contribution in [3.05, 3.63) is 23.7 Å². The fourth-order valence-electron chi connectivity index (χ4n) is 2.13. The second-order valence-electron chi connectivity index (χ2n) is 4.69. The first-order chi connectivity index (χ1) is 8.45. The second kappa shape index (κ2) is 5.32. The molecule has 0 radical (unpaired) electrons. The van der Waals surface area contributed by atoms with Gasteiger partial charge in [-0.1, -0.05) is 0 Å². The maximum atomic E-state index is 12.7. The summed E-state index contributed by atoms with van der Waals surface area (Å²) in [7, 11) is 0. The summed E-state index contributed by atoms with van der Waals surface area (Å²) in [5.41, 5.74) is 0. The molecule has 1 aromatic rings. The van der Waals surface area contributed by atoms with E-state index in [-0.39, 0.29) is 13.1 Å². The Hall–Kier alpha value is -1.01. The quantitative estimate of drug-likeness (QED) is 0.885. The van der Waals surface area contributed by atoms with E-state index >= 15 is 0 Å². The number of rotatable bonds is 2. The molecular weight excluding hydrogens is 245 g/mol. The van der Waals surface area contributed by atoms with Gasteiger partial charge in [0, 0.05) is 26.2 Å². The lowest BCUT2D eigenvalue weighted by Crippen LogP contribution is -2.37. The monoisotopic (exact) mass is 262 g/mol. The Morgan fingerprint density at radius 1 is 1.44 bits per heavy atom. The summed E-state index contributed by atoms with van der Waals surface area (Å²) in [6.45, 7) is 3.46. The van der Waals surface area contributed by atoms with Crippen LogP contribution in [0.1, 0.15) is 11.5 Å². The van der Waals surface area contributed by atoms with E-state index in [1.54, 1.807) is 4.90 Å². The maximum Gasteiger partial charge on any atom is 0.394 e. The number of nitrogens with zero attached hydrogens (tertiary/aromatic N) is 1. The topological polar surface area (TPSA) is 28.4 Å². The molecule has 0 amide bonds. The van der Waals surface area contributed by atoms with E-state index in [0.717, 1.165) is 11.5 Å². The smallest absolute Gasteiger partial charge is 0.394 e. The van der Waals surface area contributed by atoms with E-state index in [1.165, 1.54) is 0 Å². The number of hydrogen-bond acceptors (Lipinski definition) is 3. The molecule has 1 N–H and O–H groups in total. The van der Waals surface area contributed by atoms with Gasteiger partial charge in [-0.15, -0.1) is 0 Å². The van der Waals surface area contributed by atoms with Crippen molar-refractivity contribution < 1.29 is 17.6 Å². The normalized spacial score (nSPS) is 23.0. The summed E-state index contributed by atoms with van der Waals surface area (Å²) in [4.78, 5) is 1.79. The molecule has 102 valence electrons. The van der Waals surface area contributed by atoms with Crippen LogP contribution >= 0.6 is 0 Å². The van der Waals surface area contributed by atoms with Gasteiger partial charge >= 0.3 is 6.18 Å². The van der Waals surface area contributed by atoms with Crippen LogP contribution in [0.15, 0.2) is 16.5 Å². The highest BCUT2D eigenvalue weighted by atomic mass is 19.4. The van der Waals surface area contributed by atoms with Crippen molar-refractivity contribution in [2.24, 2.45) is 5.92 Å². The first-order valence-corrected chi connectivity index (χ1v) is 6.00. The van der Waals surface area contributed by atoms with E-state index < -0.39 is 12.1 Å². The lowest BCUT2D eigenvalue weighted by atomic mass is 10.1. The molecule has 0 aliphatic carbocycles. The molecule has 1 aromatic heterocycles. The summed E-state index contributed by atoms with van der Waals surface area (Å²) in [5.74, 6) is 0.191. The maximum absolute atomic E-state index is 12.7. The van der Waals surface area contributed by atoms with E-state index in [4.69, 9.17) is 4.42 Å². The van der Waals surface area contributed by atoms with Crippen LogP contribution in [0.5, 0.6) is 0 Å². The molecular formula is C12H17F3N2O. The van der Waals surface area contributed by atoms with Gasteiger partial charge in [0.1, 0.15) is 11.5 Å². The fourth-order valence-corrected chi connectivity index (χ4v) is 2.13. The van der Waals surface area contributed by atoms with Crippen molar-refractivity contribution >= 4 is 0 Å². The molecule has 6 heteroatoms. The standard InChI is InChI=1S/C12H17F3N2O/c1-9-2-3-11(18-9)8-17-5-4-16-6-10(7-17)12(13,14)15/h2-3,10,16H,4-8H2,1H3. The lowest BCUT2D eigenvalue weighted by Gasteiger charge is -2.24. The van der Waals surface area contributed by atoms with Gasteiger partial charge in [-0.25, -0.2) is 0 Å². The van der Waals surface area contributed by atoms with Gasteiger partial charge in [-0.05, 0) is 19.1 Å². The molecule has 1 aliphatic heterocycles. The molecule has 1 fully saturated rings. The van der Waals surface area contributed by atoms with Gasteiger partial charge in [0.2, 0.25) is 0 Å². The number of hydrogen-bond donors (Lipinski definition) is 1. The Bertz CT molecular complexity index is 389. The molecule has 1 saturated heterocycles. The number of nitrogens with one attached hydrogen (secondary N) is 1. The van der Waals surface area contributed by atoms with Crippen molar-refractivity contribution in [3.63, 3.8) is 0 Å². The average Bonchev–Trinajstić information content (AvgIpc) is 2.53. The van der Waals surface area contributed by atoms with Crippen molar-refractivity contribution in [1.29, 1.82) is 0 Å². The van der Waals surface area contributed by atoms with E-state index in [2.05, 4.69) is 5.32 Å². The zero-order valence-electron chi connectivity index (χ0n) is 10.3. The Morgan fingerprint density at radius 2 is 2.22 bits per heavy atom. The third kappa shape index (κ3) is 3.49. The fraction of sp³-hybridized carbons (Fsp3) is 0.667. The van der Waals surface area contributed by atoms with Crippen molar-refractivity contribution in [3.8, 4) is 0 Å². The third-order valence-corrected chi connectivity index (χ3v) is 3.11. The first-order valence-electron chi connectivity index (χ1n) is 6.00. The minimum atomic E-state index is -4.14. The zero-order valence-corrected chi connectivity index (χ0v) is 10.3. The number of furan rings is 1. The third-order valence-electron chi connectivity index (χ3n) is 3.11. The summed E-state index contributed by atoms with van der Waals surface area (Å²) in [6, 6.07) is 3.64. The minimum Gasteiger partial charge on any atom is -0.465 e. The highest BCUT2D eigenvalue weighted by molar-refractivity contribution is 5.05. The molecule has 0 bridgehead atoms. The number of aryl methyl sites for hydroxylation is 1. The van der Waals surface area contributed by atoms with Gasteiger partial charge < -0.3 is 9.73 Å². The van der Waals surface area contributed by atoms with Crippen molar-refractivity contribution in [2.45, 2.75) is 19.6 Å². The Morgan fingerprint density at radius 3 is 2.83 bits per heavy atom. The number of alkyl halides is 3. The van der Waals surface area contributed by atoms with E-state index in [0.29, 0.717) is 19.6 Å². The van der Waals surface area contributed by atoms with Crippen LogP contribution in [0.2, 0.25) is 0 Å². The Labute approximate surface area is 104 Å². The lowest BCUT2D eigenvalue weighted by molar-refractivity contribution is -0.176. The van der Waals surface area contributed by atoms with Crippen molar-refractivity contribution in [1.82, 2.24) is 10.2 Å². The van der Waals surface area contributed by atoms with Crippen LogP contribution in [0, 0.1) is 12.8 Å². The van der Waals surface area contributed by atoms with Crippen LogP contribution in [0.25, 0.3) is 0 Å². The summed E-state index contributed by atoms with van der Waals surface area (Å²) >= 11 is 0. The molecule has 0 saturated carbocycles. The molecule has 0 spiro atoms. The van der Waals surface area contributed by atoms with Gasteiger partial charge in [0.15, 0.2) is 0 Å². The molecule has 0 aromatic carbocycles. The molecule has 18 heavy (non-hydrogen) atoms. The highest BCUT2D eigenvalue weighted by Crippen LogP contribution is 2.27. The Kier molecular flexibility index (Phi) is 3.97. The highest BCUT2D eigenvalue weighted by Gasteiger charge is 2.41. The van der Waals surface area contributed by atoms with Gasteiger partial charge in [-0.3, -0.25) is 4.90 Å². The molecule has 3 nitrogen and oxygen atoms in total. The number of halogens is 3. The van der Waals surface area contributed by atoms with Crippen LogP contribution in [0.4, 0.5) is 13.2 Å².